The van der Waals surface area contributed by atoms with E-state index in [0.29, 0.717) is 45.4 Å². The Labute approximate surface area is 190 Å². The molecule has 0 unspecified atom stereocenters. The summed E-state index contributed by atoms with van der Waals surface area (Å²) in [6.45, 7) is 6.61. The van der Waals surface area contributed by atoms with Gasteiger partial charge in [-0.1, -0.05) is 26.0 Å². The minimum atomic E-state index is -0.595. The number of quaternary nitrogens is 1. The zero-order valence-corrected chi connectivity index (χ0v) is 19.1. The van der Waals surface area contributed by atoms with E-state index < -0.39 is 11.3 Å². The number of fused-ring (bicyclic) bond motifs is 2. The van der Waals surface area contributed by atoms with Crippen molar-refractivity contribution in [3.63, 3.8) is 0 Å². The monoisotopic (exact) mass is 450 g/mol. The lowest BCUT2D eigenvalue weighted by molar-refractivity contribution is -0.913. The van der Waals surface area contributed by atoms with Gasteiger partial charge in [0.15, 0.2) is 16.9 Å². The highest BCUT2D eigenvalue weighted by atomic mass is 16.5. The minimum Gasteiger partial charge on any atom is -0.507 e. The van der Waals surface area contributed by atoms with Crippen molar-refractivity contribution in [2.75, 3.05) is 20.2 Å². The van der Waals surface area contributed by atoms with Gasteiger partial charge in [-0.3, -0.25) is 0 Å². The third-order valence-electron chi connectivity index (χ3n) is 5.86. The Balaban J connectivity index is 1.94. The van der Waals surface area contributed by atoms with Crippen LogP contribution in [0.2, 0.25) is 0 Å². The van der Waals surface area contributed by atoms with E-state index in [-0.39, 0.29) is 11.3 Å². The second-order valence-corrected chi connectivity index (χ2v) is 8.17. The molecule has 2 aromatic heterocycles. The Hall–Kier alpha value is -3.58. The summed E-state index contributed by atoms with van der Waals surface area (Å²) in [5, 5.41) is 11.9. The topological polar surface area (TPSA) is 94.3 Å². The predicted octanol–water partition coefficient (Wildman–Crippen LogP) is 3.49. The van der Waals surface area contributed by atoms with E-state index in [2.05, 4.69) is 13.8 Å². The molecule has 2 N–H and O–H groups in total. The number of phenolic OH excluding ortho intramolecular Hbond substituents is 1. The van der Waals surface area contributed by atoms with Crippen LogP contribution in [0.5, 0.6) is 11.5 Å². The van der Waals surface area contributed by atoms with Gasteiger partial charge in [0.1, 0.15) is 12.3 Å². The van der Waals surface area contributed by atoms with Crippen LogP contribution in [0.25, 0.3) is 33.1 Å². The SMILES string of the molecule is CCC[NH+](CCC)Cc1c(O)ccc2c(-c3cc4cccc(OC)c4oc3=O)cc(=O)oc12. The summed E-state index contributed by atoms with van der Waals surface area (Å²) in [7, 11) is 1.51. The van der Waals surface area contributed by atoms with Crippen LogP contribution in [0.3, 0.4) is 0 Å². The van der Waals surface area contributed by atoms with Crippen molar-refractivity contribution in [3.05, 3.63) is 68.9 Å². The fraction of sp³-hybridized carbons (Fsp3) is 0.308. The molecule has 2 aromatic carbocycles. The summed E-state index contributed by atoms with van der Waals surface area (Å²) in [6.07, 6.45) is 2.00. The Kier molecular flexibility index (Phi) is 6.51. The third-order valence-corrected chi connectivity index (χ3v) is 5.86. The highest BCUT2D eigenvalue weighted by molar-refractivity contribution is 5.97. The van der Waals surface area contributed by atoms with Crippen molar-refractivity contribution >= 4 is 21.9 Å². The zero-order valence-electron chi connectivity index (χ0n) is 19.1. The quantitative estimate of drug-likeness (QED) is 0.399. The van der Waals surface area contributed by atoms with E-state index in [1.54, 1.807) is 30.3 Å². The number of phenols is 1. The molecule has 0 aliphatic carbocycles. The summed E-state index contributed by atoms with van der Waals surface area (Å²) in [4.78, 5) is 26.8. The first kappa shape index (κ1) is 22.6. The van der Waals surface area contributed by atoms with E-state index >= 15 is 0 Å². The number of nitrogens with one attached hydrogen (secondary N) is 1. The molecule has 0 fully saturated rings. The standard InChI is InChI=1S/C26H27NO6/c1-4-11-27(12-5-2)15-20-21(28)10-9-17-18(14-23(29)32-25(17)20)19-13-16-7-6-8-22(31-3)24(16)33-26(19)30/h6-10,13-14,28H,4-5,11-12,15H2,1-3H3/p+1. The molecule has 7 heteroatoms. The Morgan fingerprint density at radius 3 is 2.39 bits per heavy atom. The number of methoxy groups -OCH3 is 1. The average molecular weight is 451 g/mol. The van der Waals surface area contributed by atoms with Gasteiger partial charge in [0, 0.05) is 22.4 Å². The van der Waals surface area contributed by atoms with Gasteiger partial charge in [0.05, 0.1) is 31.3 Å². The highest BCUT2D eigenvalue weighted by Crippen LogP contribution is 2.33. The summed E-state index contributed by atoms with van der Waals surface area (Å²) in [5.41, 5.74) is 0.685. The molecule has 0 aliphatic heterocycles. The minimum absolute atomic E-state index is 0.0720. The van der Waals surface area contributed by atoms with E-state index in [9.17, 15) is 14.7 Å². The fourth-order valence-electron chi connectivity index (χ4n) is 4.39. The first-order valence-electron chi connectivity index (χ1n) is 11.2. The lowest BCUT2D eigenvalue weighted by Gasteiger charge is -2.19. The van der Waals surface area contributed by atoms with E-state index in [1.165, 1.54) is 18.1 Å². The summed E-state index contributed by atoms with van der Waals surface area (Å²) in [6, 6.07) is 11.6. The zero-order chi connectivity index (χ0) is 23.5. The highest BCUT2D eigenvalue weighted by Gasteiger charge is 2.21. The summed E-state index contributed by atoms with van der Waals surface area (Å²) < 4.78 is 16.4. The van der Waals surface area contributed by atoms with Gasteiger partial charge in [-0.15, -0.1) is 0 Å². The smallest absolute Gasteiger partial charge is 0.344 e. The second-order valence-electron chi connectivity index (χ2n) is 8.17. The van der Waals surface area contributed by atoms with Gasteiger partial charge < -0.3 is 23.6 Å². The molecule has 0 atom stereocenters. The maximum Gasteiger partial charge on any atom is 0.344 e. The molecule has 0 aliphatic rings. The van der Waals surface area contributed by atoms with Crippen LogP contribution in [-0.4, -0.2) is 25.3 Å². The predicted molar refractivity (Wildman–Crippen MR) is 127 cm³/mol. The Bertz CT molecular complexity index is 1410. The number of para-hydroxylation sites is 1. The van der Waals surface area contributed by atoms with Crippen LogP contribution < -0.4 is 20.9 Å². The molecule has 0 saturated carbocycles. The number of ether oxygens (including phenoxy) is 1. The molecule has 0 bridgehead atoms. The molecule has 0 amide bonds. The molecule has 0 spiro atoms. The number of benzene rings is 2. The molecular weight excluding hydrogens is 422 g/mol. The molecule has 4 aromatic rings. The molecule has 7 nitrogen and oxygen atoms in total. The first-order chi connectivity index (χ1) is 16.0. The molecule has 172 valence electrons. The number of hydrogen-bond acceptors (Lipinski definition) is 6. The maximum absolute atomic E-state index is 12.9. The fourth-order valence-corrected chi connectivity index (χ4v) is 4.39. The summed E-state index contributed by atoms with van der Waals surface area (Å²) >= 11 is 0. The Morgan fingerprint density at radius 1 is 0.939 bits per heavy atom. The molecule has 0 saturated heterocycles. The van der Waals surface area contributed by atoms with Gasteiger partial charge in [-0.05, 0) is 37.1 Å². The molecular formula is C26H28NO6+. The number of aromatic hydroxyl groups is 1. The largest absolute Gasteiger partial charge is 0.507 e. The van der Waals surface area contributed by atoms with Crippen molar-refractivity contribution in [1.29, 1.82) is 0 Å². The maximum atomic E-state index is 12.9. The van der Waals surface area contributed by atoms with Crippen molar-refractivity contribution < 1.29 is 23.6 Å². The van der Waals surface area contributed by atoms with Crippen LogP contribution in [0.1, 0.15) is 32.3 Å². The van der Waals surface area contributed by atoms with Gasteiger partial charge >= 0.3 is 11.3 Å². The van der Waals surface area contributed by atoms with Crippen LogP contribution in [0, 0.1) is 0 Å². The third kappa shape index (κ3) is 4.36. The molecule has 4 rings (SSSR count). The average Bonchev–Trinajstić information content (AvgIpc) is 2.80. The van der Waals surface area contributed by atoms with Crippen molar-refractivity contribution in [2.24, 2.45) is 0 Å². The van der Waals surface area contributed by atoms with Crippen molar-refractivity contribution in [2.45, 2.75) is 33.2 Å². The van der Waals surface area contributed by atoms with Gasteiger partial charge in [0.2, 0.25) is 0 Å². The molecule has 2 heterocycles. The van der Waals surface area contributed by atoms with E-state index in [4.69, 9.17) is 13.6 Å². The van der Waals surface area contributed by atoms with Gasteiger partial charge in [-0.2, -0.15) is 0 Å². The lowest BCUT2D eigenvalue weighted by atomic mass is 9.99. The van der Waals surface area contributed by atoms with Crippen molar-refractivity contribution in [3.8, 4) is 22.6 Å². The Morgan fingerprint density at radius 2 is 1.70 bits per heavy atom. The van der Waals surface area contributed by atoms with E-state index in [0.717, 1.165) is 25.9 Å². The van der Waals surface area contributed by atoms with Crippen LogP contribution in [0.15, 0.2) is 60.9 Å². The van der Waals surface area contributed by atoms with Gasteiger partial charge in [-0.25, -0.2) is 9.59 Å². The summed E-state index contributed by atoms with van der Waals surface area (Å²) in [5.74, 6) is 0.526. The van der Waals surface area contributed by atoms with E-state index in [1.807, 2.05) is 6.07 Å². The molecule has 0 radical (unpaired) electrons. The van der Waals surface area contributed by atoms with Crippen LogP contribution in [0.4, 0.5) is 0 Å². The van der Waals surface area contributed by atoms with Gasteiger partial charge in [0.25, 0.3) is 0 Å². The first-order valence-corrected chi connectivity index (χ1v) is 11.2. The van der Waals surface area contributed by atoms with Crippen molar-refractivity contribution in [1.82, 2.24) is 0 Å². The molecule has 33 heavy (non-hydrogen) atoms. The second kappa shape index (κ2) is 9.50. The lowest BCUT2D eigenvalue weighted by Crippen LogP contribution is -3.10. The normalized spacial score (nSPS) is 11.5. The van der Waals surface area contributed by atoms with Crippen LogP contribution in [-0.2, 0) is 6.54 Å². The number of hydrogen-bond donors (Lipinski definition) is 2. The number of rotatable bonds is 8. The van der Waals surface area contributed by atoms with Crippen LogP contribution >= 0.6 is 0 Å².